The Morgan fingerprint density at radius 3 is 2.32 bits per heavy atom. The van der Waals surface area contributed by atoms with E-state index in [0.29, 0.717) is 17.0 Å². The molecule has 0 unspecified atom stereocenters. The molecular weight excluding hydrogens is 306 g/mol. The molecule has 2 aromatic rings. The van der Waals surface area contributed by atoms with Gasteiger partial charge in [0.05, 0.1) is 0 Å². The van der Waals surface area contributed by atoms with Crippen molar-refractivity contribution < 1.29 is 9.21 Å². The summed E-state index contributed by atoms with van der Waals surface area (Å²) in [6.07, 6.45) is 0. The molecule has 0 fully saturated rings. The SMILES string of the molecule is CCN(C(=O)c1ccc(Br)o1)c1cc(C)cc(C)c1. The van der Waals surface area contributed by atoms with Gasteiger partial charge in [-0.25, -0.2) is 0 Å². The van der Waals surface area contributed by atoms with Crippen LogP contribution >= 0.6 is 15.9 Å². The molecule has 1 heterocycles. The fourth-order valence-electron chi connectivity index (χ4n) is 2.11. The average Bonchev–Trinajstić information content (AvgIpc) is 2.75. The van der Waals surface area contributed by atoms with Crippen molar-refractivity contribution in [3.8, 4) is 0 Å². The summed E-state index contributed by atoms with van der Waals surface area (Å²) in [6.45, 7) is 6.60. The number of hydrogen-bond donors (Lipinski definition) is 0. The zero-order chi connectivity index (χ0) is 14.0. The van der Waals surface area contributed by atoms with Gasteiger partial charge in [0.25, 0.3) is 5.91 Å². The number of anilines is 1. The number of halogens is 1. The highest BCUT2D eigenvalue weighted by Crippen LogP contribution is 2.22. The molecule has 0 aliphatic heterocycles. The topological polar surface area (TPSA) is 33.5 Å². The fourth-order valence-corrected chi connectivity index (χ4v) is 2.42. The summed E-state index contributed by atoms with van der Waals surface area (Å²) in [7, 11) is 0. The van der Waals surface area contributed by atoms with Crippen molar-refractivity contribution in [2.45, 2.75) is 20.8 Å². The molecule has 0 N–H and O–H groups in total. The van der Waals surface area contributed by atoms with Gasteiger partial charge in [-0.1, -0.05) is 6.07 Å². The first-order valence-electron chi connectivity index (χ1n) is 6.16. The van der Waals surface area contributed by atoms with Gasteiger partial charge >= 0.3 is 0 Å². The van der Waals surface area contributed by atoms with E-state index in [0.717, 1.165) is 16.8 Å². The summed E-state index contributed by atoms with van der Waals surface area (Å²) in [6, 6.07) is 9.50. The summed E-state index contributed by atoms with van der Waals surface area (Å²) in [5.41, 5.74) is 3.18. The van der Waals surface area contributed by atoms with E-state index in [1.165, 1.54) is 0 Å². The van der Waals surface area contributed by atoms with E-state index < -0.39 is 0 Å². The molecule has 1 aromatic heterocycles. The van der Waals surface area contributed by atoms with E-state index in [1.807, 2.05) is 32.9 Å². The number of aryl methyl sites for hydroxylation is 2. The normalized spacial score (nSPS) is 10.5. The van der Waals surface area contributed by atoms with Crippen LogP contribution in [0.5, 0.6) is 0 Å². The van der Waals surface area contributed by atoms with Crippen molar-refractivity contribution in [2.75, 3.05) is 11.4 Å². The standard InChI is InChI=1S/C15H16BrNO2/c1-4-17(12-8-10(2)7-11(3)9-12)15(18)13-5-6-14(16)19-13/h5-9H,4H2,1-3H3. The van der Waals surface area contributed by atoms with Gasteiger partial charge in [-0.3, -0.25) is 4.79 Å². The van der Waals surface area contributed by atoms with Gasteiger partial charge in [-0.15, -0.1) is 0 Å². The van der Waals surface area contributed by atoms with Crippen LogP contribution in [-0.2, 0) is 0 Å². The van der Waals surface area contributed by atoms with Crippen LogP contribution in [0.15, 0.2) is 39.4 Å². The van der Waals surface area contributed by atoms with Crippen LogP contribution in [0.1, 0.15) is 28.6 Å². The second-order valence-electron chi connectivity index (χ2n) is 4.50. The number of nitrogens with zero attached hydrogens (tertiary/aromatic N) is 1. The maximum absolute atomic E-state index is 12.4. The van der Waals surface area contributed by atoms with E-state index in [2.05, 4.69) is 22.0 Å². The van der Waals surface area contributed by atoms with E-state index in [-0.39, 0.29) is 5.91 Å². The molecule has 4 heteroatoms. The van der Waals surface area contributed by atoms with Crippen LogP contribution in [-0.4, -0.2) is 12.5 Å². The zero-order valence-corrected chi connectivity index (χ0v) is 12.8. The lowest BCUT2D eigenvalue weighted by Gasteiger charge is -2.21. The number of amides is 1. The minimum atomic E-state index is -0.127. The lowest BCUT2D eigenvalue weighted by atomic mass is 10.1. The molecule has 1 aromatic carbocycles. The molecule has 1 amide bonds. The lowest BCUT2D eigenvalue weighted by molar-refractivity contribution is 0.0960. The Morgan fingerprint density at radius 2 is 1.84 bits per heavy atom. The molecule has 0 atom stereocenters. The molecule has 0 saturated heterocycles. The number of benzene rings is 1. The molecule has 0 saturated carbocycles. The summed E-state index contributed by atoms with van der Waals surface area (Å²) in [4.78, 5) is 14.1. The lowest BCUT2D eigenvalue weighted by Crippen LogP contribution is -2.30. The highest BCUT2D eigenvalue weighted by Gasteiger charge is 2.19. The van der Waals surface area contributed by atoms with Gasteiger partial charge in [0.15, 0.2) is 10.4 Å². The molecule has 19 heavy (non-hydrogen) atoms. The van der Waals surface area contributed by atoms with Gasteiger partial charge < -0.3 is 9.32 Å². The second kappa shape index (κ2) is 5.61. The Morgan fingerprint density at radius 1 is 1.21 bits per heavy atom. The van der Waals surface area contributed by atoms with E-state index in [1.54, 1.807) is 17.0 Å². The van der Waals surface area contributed by atoms with Crippen LogP contribution in [0.3, 0.4) is 0 Å². The van der Waals surface area contributed by atoms with Gasteiger partial charge in [0, 0.05) is 12.2 Å². The quantitative estimate of drug-likeness (QED) is 0.843. The Bertz CT molecular complexity index is 584. The molecule has 3 nitrogen and oxygen atoms in total. The van der Waals surface area contributed by atoms with Gasteiger partial charge in [0.1, 0.15) is 0 Å². The molecule has 0 radical (unpaired) electrons. The fraction of sp³-hybridized carbons (Fsp3) is 0.267. The number of carbonyl (C=O) groups excluding carboxylic acids is 1. The first-order chi connectivity index (χ1) is 9.01. The first kappa shape index (κ1) is 13.9. The van der Waals surface area contributed by atoms with Crippen LogP contribution < -0.4 is 4.90 Å². The smallest absolute Gasteiger partial charge is 0.294 e. The maximum atomic E-state index is 12.4. The zero-order valence-electron chi connectivity index (χ0n) is 11.2. The Balaban J connectivity index is 2.36. The third-order valence-electron chi connectivity index (χ3n) is 2.86. The van der Waals surface area contributed by atoms with Gasteiger partial charge in [-0.05, 0) is 72.1 Å². The molecular formula is C15H16BrNO2. The minimum Gasteiger partial charge on any atom is -0.444 e. The van der Waals surface area contributed by atoms with Gasteiger partial charge in [-0.2, -0.15) is 0 Å². The first-order valence-corrected chi connectivity index (χ1v) is 6.96. The highest BCUT2D eigenvalue weighted by molar-refractivity contribution is 9.10. The van der Waals surface area contributed by atoms with Crippen LogP contribution in [0.4, 0.5) is 5.69 Å². The van der Waals surface area contributed by atoms with E-state index >= 15 is 0 Å². The van der Waals surface area contributed by atoms with Crippen molar-refractivity contribution >= 4 is 27.5 Å². The van der Waals surface area contributed by atoms with Crippen LogP contribution in [0.2, 0.25) is 0 Å². The average molecular weight is 322 g/mol. The number of rotatable bonds is 3. The summed E-state index contributed by atoms with van der Waals surface area (Å²) < 4.78 is 5.90. The summed E-state index contributed by atoms with van der Waals surface area (Å²) in [5.74, 6) is 0.214. The minimum absolute atomic E-state index is 0.127. The van der Waals surface area contributed by atoms with Crippen LogP contribution in [0.25, 0.3) is 0 Å². The van der Waals surface area contributed by atoms with Crippen molar-refractivity contribution in [3.05, 3.63) is 51.9 Å². The predicted octanol–water partition coefficient (Wildman–Crippen LogP) is 4.33. The molecule has 0 aliphatic carbocycles. The third kappa shape index (κ3) is 3.07. The summed E-state index contributed by atoms with van der Waals surface area (Å²) in [5, 5.41) is 0. The highest BCUT2D eigenvalue weighted by atomic mass is 79.9. The molecule has 0 bridgehead atoms. The van der Waals surface area contributed by atoms with Crippen molar-refractivity contribution in [1.82, 2.24) is 0 Å². The molecule has 100 valence electrons. The number of furan rings is 1. The molecule has 2 rings (SSSR count). The number of carbonyl (C=O) groups is 1. The predicted molar refractivity (Wildman–Crippen MR) is 79.7 cm³/mol. The van der Waals surface area contributed by atoms with Crippen molar-refractivity contribution in [3.63, 3.8) is 0 Å². The largest absolute Gasteiger partial charge is 0.444 e. The molecule has 0 spiro atoms. The Kier molecular flexibility index (Phi) is 4.10. The monoisotopic (exact) mass is 321 g/mol. The third-order valence-corrected chi connectivity index (χ3v) is 3.29. The van der Waals surface area contributed by atoms with Gasteiger partial charge in [0.2, 0.25) is 0 Å². The maximum Gasteiger partial charge on any atom is 0.294 e. The van der Waals surface area contributed by atoms with Crippen molar-refractivity contribution in [2.24, 2.45) is 0 Å². The second-order valence-corrected chi connectivity index (χ2v) is 5.28. The summed E-state index contributed by atoms with van der Waals surface area (Å²) >= 11 is 3.21. The van der Waals surface area contributed by atoms with Crippen LogP contribution in [0, 0.1) is 13.8 Å². The Labute approximate surface area is 121 Å². The Hall–Kier alpha value is -1.55. The van der Waals surface area contributed by atoms with Crippen molar-refractivity contribution in [1.29, 1.82) is 0 Å². The van der Waals surface area contributed by atoms with E-state index in [4.69, 9.17) is 4.42 Å². The number of hydrogen-bond acceptors (Lipinski definition) is 2. The molecule has 0 aliphatic rings. The van der Waals surface area contributed by atoms with E-state index in [9.17, 15) is 4.79 Å².